The van der Waals surface area contributed by atoms with Gasteiger partial charge >= 0.3 is 0 Å². The lowest BCUT2D eigenvalue weighted by molar-refractivity contribution is -0.141. The van der Waals surface area contributed by atoms with Crippen LogP contribution < -0.4 is 10.1 Å². The first-order valence-corrected chi connectivity index (χ1v) is 14.8. The van der Waals surface area contributed by atoms with Gasteiger partial charge in [-0.25, -0.2) is 8.42 Å². The normalized spacial score (nSPS) is 12.9. The largest absolute Gasteiger partial charge is 0.497 e. The average Bonchev–Trinajstić information content (AvgIpc) is 2.95. The van der Waals surface area contributed by atoms with Gasteiger partial charge in [-0.2, -0.15) is 4.31 Å². The van der Waals surface area contributed by atoms with Gasteiger partial charge in [0, 0.05) is 26.1 Å². The van der Waals surface area contributed by atoms with E-state index in [1.807, 2.05) is 63.2 Å². The lowest BCUT2D eigenvalue weighted by Gasteiger charge is -2.33. The summed E-state index contributed by atoms with van der Waals surface area (Å²) in [7, 11) is -0.993. The van der Waals surface area contributed by atoms with E-state index in [1.165, 1.54) is 24.1 Å². The molecule has 0 saturated carbocycles. The molecule has 0 bridgehead atoms. The van der Waals surface area contributed by atoms with E-state index in [4.69, 9.17) is 4.74 Å². The summed E-state index contributed by atoms with van der Waals surface area (Å²) in [6, 6.07) is 22.3. The third kappa shape index (κ3) is 8.16. The van der Waals surface area contributed by atoms with Crippen LogP contribution in [0.3, 0.4) is 0 Å². The van der Waals surface area contributed by atoms with Gasteiger partial charge in [0.05, 0.1) is 18.6 Å². The minimum atomic E-state index is -3.93. The molecule has 1 N–H and O–H groups in total. The average molecular weight is 566 g/mol. The Labute approximate surface area is 238 Å². The topological polar surface area (TPSA) is 96.0 Å². The van der Waals surface area contributed by atoms with Gasteiger partial charge in [-0.05, 0) is 55.7 Å². The number of hydrogen-bond donors (Lipinski definition) is 1. The molecular formula is C31H39N3O5S. The summed E-state index contributed by atoms with van der Waals surface area (Å²) in [6.45, 7) is 5.42. The number of sulfonamides is 1. The van der Waals surface area contributed by atoms with Crippen molar-refractivity contribution in [2.75, 3.05) is 20.7 Å². The molecule has 0 aliphatic carbocycles. The van der Waals surface area contributed by atoms with Gasteiger partial charge in [-0.1, -0.05) is 67.1 Å². The Balaban J connectivity index is 1.99. The zero-order valence-corrected chi connectivity index (χ0v) is 24.6. The number of carbonyl (C=O) groups excluding carboxylic acids is 2. The molecule has 40 heavy (non-hydrogen) atoms. The van der Waals surface area contributed by atoms with E-state index in [-0.39, 0.29) is 29.8 Å². The van der Waals surface area contributed by atoms with Crippen LogP contribution in [0.1, 0.15) is 37.0 Å². The first-order valence-electron chi connectivity index (χ1n) is 13.3. The summed E-state index contributed by atoms with van der Waals surface area (Å²) in [5, 5.41) is 3.02. The predicted octanol–water partition coefficient (Wildman–Crippen LogP) is 4.18. The van der Waals surface area contributed by atoms with E-state index in [2.05, 4.69) is 5.32 Å². The van der Waals surface area contributed by atoms with Crippen LogP contribution in [0.2, 0.25) is 0 Å². The highest BCUT2D eigenvalue weighted by Gasteiger charge is 2.33. The molecule has 2 amide bonds. The van der Waals surface area contributed by atoms with Crippen molar-refractivity contribution in [3.05, 3.63) is 95.6 Å². The van der Waals surface area contributed by atoms with E-state index >= 15 is 0 Å². The molecule has 3 rings (SSSR count). The van der Waals surface area contributed by atoms with Crippen molar-refractivity contribution in [3.63, 3.8) is 0 Å². The molecule has 0 aliphatic rings. The molecule has 9 heteroatoms. The Kier molecular flexibility index (Phi) is 10.9. The lowest BCUT2D eigenvalue weighted by Crippen LogP contribution is -2.54. The molecule has 0 spiro atoms. The van der Waals surface area contributed by atoms with Gasteiger partial charge in [0.1, 0.15) is 11.8 Å². The van der Waals surface area contributed by atoms with Crippen molar-refractivity contribution in [2.24, 2.45) is 0 Å². The molecular weight excluding hydrogens is 526 g/mol. The second-order valence-electron chi connectivity index (χ2n) is 9.97. The van der Waals surface area contributed by atoms with Gasteiger partial charge in [0.15, 0.2) is 0 Å². The maximum Gasteiger partial charge on any atom is 0.243 e. The summed E-state index contributed by atoms with van der Waals surface area (Å²) < 4.78 is 33.0. The highest BCUT2D eigenvalue weighted by atomic mass is 32.2. The number of hydrogen-bond acceptors (Lipinski definition) is 5. The number of benzene rings is 3. The lowest BCUT2D eigenvalue weighted by atomic mass is 10.0. The Morgan fingerprint density at radius 2 is 1.60 bits per heavy atom. The summed E-state index contributed by atoms with van der Waals surface area (Å²) in [6.07, 6.45) is 0.998. The summed E-state index contributed by atoms with van der Waals surface area (Å²) in [5.41, 5.74) is 2.57. The van der Waals surface area contributed by atoms with E-state index in [1.54, 1.807) is 31.4 Å². The molecule has 2 atom stereocenters. The fraction of sp³-hybridized carbons (Fsp3) is 0.355. The first-order chi connectivity index (χ1) is 19.0. The molecule has 214 valence electrons. The van der Waals surface area contributed by atoms with Crippen molar-refractivity contribution in [3.8, 4) is 5.75 Å². The summed E-state index contributed by atoms with van der Waals surface area (Å²) >= 11 is 0. The molecule has 3 aromatic rings. The molecule has 0 aliphatic heterocycles. The number of ether oxygens (including phenoxy) is 1. The standard InChI is InChI=1S/C31H39N3O5S/c1-6-24(3)32-31(36)29(20-25-11-8-7-9-12-25)34(21-26-13-10-14-27(19-26)39-5)30(35)22-33(4)40(37,38)28-17-15-23(2)16-18-28/h7-19,24,29H,6,20-22H2,1-5H3,(H,32,36)/t24-,29+/m1/s1. The highest BCUT2D eigenvalue weighted by Crippen LogP contribution is 2.20. The molecule has 0 radical (unpaired) electrons. The fourth-order valence-electron chi connectivity index (χ4n) is 4.22. The van der Waals surface area contributed by atoms with E-state index in [9.17, 15) is 18.0 Å². The van der Waals surface area contributed by atoms with E-state index in [0.29, 0.717) is 5.75 Å². The van der Waals surface area contributed by atoms with Gasteiger partial charge in [-0.15, -0.1) is 0 Å². The first kappa shape index (κ1) is 30.8. The molecule has 3 aromatic carbocycles. The number of methoxy groups -OCH3 is 1. The van der Waals surface area contributed by atoms with Gasteiger partial charge < -0.3 is 15.0 Å². The second kappa shape index (κ2) is 14.1. The van der Waals surface area contributed by atoms with Gasteiger partial charge in [0.2, 0.25) is 21.8 Å². The van der Waals surface area contributed by atoms with Gasteiger partial charge in [-0.3, -0.25) is 9.59 Å². The van der Waals surface area contributed by atoms with Crippen LogP contribution in [0.5, 0.6) is 5.75 Å². The maximum atomic E-state index is 13.9. The van der Waals surface area contributed by atoms with Crippen LogP contribution >= 0.6 is 0 Å². The Morgan fingerprint density at radius 1 is 0.950 bits per heavy atom. The molecule has 0 unspecified atom stereocenters. The zero-order valence-electron chi connectivity index (χ0n) is 23.8. The van der Waals surface area contributed by atoms with Crippen LogP contribution in [0, 0.1) is 6.92 Å². The monoisotopic (exact) mass is 565 g/mol. The number of amides is 2. The van der Waals surface area contributed by atoms with Gasteiger partial charge in [0.25, 0.3) is 0 Å². The molecule has 0 fully saturated rings. The number of likely N-dealkylation sites (N-methyl/N-ethyl adjacent to an activating group) is 1. The SMILES string of the molecule is CC[C@@H](C)NC(=O)[C@H](Cc1ccccc1)N(Cc1cccc(OC)c1)C(=O)CN(C)S(=O)(=O)c1ccc(C)cc1. The molecule has 0 aromatic heterocycles. The zero-order chi connectivity index (χ0) is 29.3. The number of carbonyl (C=O) groups is 2. The summed E-state index contributed by atoms with van der Waals surface area (Å²) in [5.74, 6) is -0.160. The van der Waals surface area contributed by atoms with Crippen molar-refractivity contribution >= 4 is 21.8 Å². The predicted molar refractivity (Wildman–Crippen MR) is 156 cm³/mol. The maximum absolute atomic E-state index is 13.9. The fourth-order valence-corrected chi connectivity index (χ4v) is 5.34. The number of nitrogens with one attached hydrogen (secondary N) is 1. The quantitative estimate of drug-likeness (QED) is 0.336. The Morgan fingerprint density at radius 3 is 2.23 bits per heavy atom. The van der Waals surface area contributed by atoms with Crippen LogP contribution in [0.25, 0.3) is 0 Å². The van der Waals surface area contributed by atoms with Crippen LogP contribution in [-0.2, 0) is 32.6 Å². The minimum Gasteiger partial charge on any atom is -0.497 e. The molecule has 0 heterocycles. The summed E-state index contributed by atoms with van der Waals surface area (Å²) in [4.78, 5) is 29.2. The van der Waals surface area contributed by atoms with Crippen LogP contribution in [0.4, 0.5) is 0 Å². The third-order valence-electron chi connectivity index (χ3n) is 6.85. The van der Waals surface area contributed by atoms with E-state index in [0.717, 1.165) is 27.4 Å². The Bertz CT molecular complexity index is 1380. The van der Waals surface area contributed by atoms with Crippen molar-refractivity contribution in [1.29, 1.82) is 0 Å². The smallest absolute Gasteiger partial charge is 0.243 e. The van der Waals surface area contributed by atoms with E-state index < -0.39 is 28.5 Å². The highest BCUT2D eigenvalue weighted by molar-refractivity contribution is 7.89. The number of nitrogens with zero attached hydrogens (tertiary/aromatic N) is 2. The van der Waals surface area contributed by atoms with Crippen molar-refractivity contribution < 1.29 is 22.7 Å². The number of rotatable bonds is 13. The minimum absolute atomic E-state index is 0.0934. The third-order valence-corrected chi connectivity index (χ3v) is 8.66. The molecule has 8 nitrogen and oxygen atoms in total. The Hall–Kier alpha value is -3.69. The van der Waals surface area contributed by atoms with Crippen molar-refractivity contribution in [2.45, 2.75) is 57.1 Å². The van der Waals surface area contributed by atoms with Crippen molar-refractivity contribution in [1.82, 2.24) is 14.5 Å². The number of aryl methyl sites for hydroxylation is 1. The molecule has 0 saturated heterocycles. The second-order valence-corrected chi connectivity index (χ2v) is 12.0. The van der Waals surface area contributed by atoms with Crippen LogP contribution in [0.15, 0.2) is 83.8 Å². The van der Waals surface area contributed by atoms with Crippen LogP contribution in [-0.4, -0.2) is 62.2 Å².